The number of carbonyl (C=O) groups is 2. The minimum Gasteiger partial charge on any atom is -0.508 e. The number of carbonyl (C=O) groups excluding carboxylic acids is 2. The number of anilines is 1. The number of phenolic OH excluding ortho intramolecular Hbond substituents is 1. The second-order valence-corrected chi connectivity index (χ2v) is 5.66. The number of imide groups is 1. The van der Waals surface area contributed by atoms with Crippen molar-refractivity contribution in [2.45, 2.75) is 26.2 Å². The van der Waals surface area contributed by atoms with Gasteiger partial charge in [-0.15, -0.1) is 0 Å². The van der Waals surface area contributed by atoms with Crippen molar-refractivity contribution < 1.29 is 14.7 Å². The molecule has 3 atom stereocenters. The van der Waals surface area contributed by atoms with Gasteiger partial charge in [0.1, 0.15) is 5.75 Å². The number of amides is 2. The molecule has 1 saturated heterocycles. The number of fused-ring (bicyclic) bond motifs is 1. The lowest BCUT2D eigenvalue weighted by Gasteiger charge is -2.25. The second kappa shape index (κ2) is 4.37. The molecule has 1 aliphatic carbocycles. The maximum atomic E-state index is 12.4. The first kappa shape index (κ1) is 12.2. The number of hydrogen-bond acceptors (Lipinski definition) is 3. The predicted octanol–water partition coefficient (Wildman–Crippen LogP) is 2.32. The van der Waals surface area contributed by atoms with Crippen molar-refractivity contribution in [3.63, 3.8) is 0 Å². The van der Waals surface area contributed by atoms with Crippen LogP contribution in [0.2, 0.25) is 0 Å². The van der Waals surface area contributed by atoms with Crippen molar-refractivity contribution in [1.29, 1.82) is 0 Å². The summed E-state index contributed by atoms with van der Waals surface area (Å²) in [6.07, 6.45) is 2.64. The van der Waals surface area contributed by atoms with E-state index in [4.69, 9.17) is 0 Å². The van der Waals surface area contributed by atoms with Gasteiger partial charge in [-0.3, -0.25) is 14.5 Å². The van der Waals surface area contributed by atoms with E-state index in [1.165, 1.54) is 17.0 Å². The fourth-order valence-corrected chi connectivity index (χ4v) is 3.25. The van der Waals surface area contributed by atoms with E-state index in [-0.39, 0.29) is 29.4 Å². The Kier molecular flexibility index (Phi) is 2.81. The molecule has 0 radical (unpaired) electrons. The summed E-state index contributed by atoms with van der Waals surface area (Å²) in [5.41, 5.74) is 0.565. The van der Waals surface area contributed by atoms with Gasteiger partial charge < -0.3 is 5.11 Å². The van der Waals surface area contributed by atoms with Crippen LogP contribution in [0.1, 0.15) is 26.2 Å². The van der Waals surface area contributed by atoms with Gasteiger partial charge in [-0.1, -0.05) is 6.92 Å². The van der Waals surface area contributed by atoms with Crippen LogP contribution in [0.25, 0.3) is 0 Å². The fraction of sp³-hybridized carbons (Fsp3) is 0.467. The largest absolute Gasteiger partial charge is 0.508 e. The normalized spacial score (nSPS) is 30.6. The highest BCUT2D eigenvalue weighted by Crippen LogP contribution is 2.42. The van der Waals surface area contributed by atoms with Crippen LogP contribution in [-0.4, -0.2) is 16.9 Å². The quantitative estimate of drug-likeness (QED) is 0.787. The zero-order chi connectivity index (χ0) is 13.6. The Morgan fingerprint density at radius 3 is 2.37 bits per heavy atom. The SMILES string of the molecule is CC1CCC2C(=O)N(c3ccc(O)cc3)C(=O)C2C1. The molecule has 100 valence electrons. The van der Waals surface area contributed by atoms with Crippen molar-refractivity contribution in [3.8, 4) is 5.75 Å². The molecule has 2 fully saturated rings. The highest BCUT2D eigenvalue weighted by molar-refractivity contribution is 6.22. The molecule has 1 N–H and O–H groups in total. The first-order valence-electron chi connectivity index (χ1n) is 6.75. The van der Waals surface area contributed by atoms with E-state index in [0.29, 0.717) is 11.6 Å². The number of phenols is 1. The molecule has 0 spiro atoms. The van der Waals surface area contributed by atoms with Gasteiger partial charge in [-0.25, -0.2) is 0 Å². The molecule has 4 heteroatoms. The van der Waals surface area contributed by atoms with Crippen molar-refractivity contribution in [1.82, 2.24) is 0 Å². The van der Waals surface area contributed by atoms with E-state index in [0.717, 1.165) is 19.3 Å². The van der Waals surface area contributed by atoms with Crippen LogP contribution in [0.3, 0.4) is 0 Å². The zero-order valence-corrected chi connectivity index (χ0v) is 10.9. The van der Waals surface area contributed by atoms with Crippen molar-refractivity contribution in [2.24, 2.45) is 17.8 Å². The summed E-state index contributed by atoms with van der Waals surface area (Å²) in [5.74, 6) is 0.203. The van der Waals surface area contributed by atoms with E-state index in [9.17, 15) is 14.7 Å². The minimum absolute atomic E-state index is 0.0763. The van der Waals surface area contributed by atoms with E-state index in [1.807, 2.05) is 0 Å². The minimum atomic E-state index is -0.148. The Labute approximate surface area is 112 Å². The summed E-state index contributed by atoms with van der Waals surface area (Å²) in [4.78, 5) is 26.1. The maximum Gasteiger partial charge on any atom is 0.237 e. The summed E-state index contributed by atoms with van der Waals surface area (Å²) >= 11 is 0. The van der Waals surface area contributed by atoms with Gasteiger partial charge in [-0.05, 0) is 49.4 Å². The molecular weight excluding hydrogens is 242 g/mol. The molecule has 0 aromatic heterocycles. The van der Waals surface area contributed by atoms with Crippen LogP contribution in [0.5, 0.6) is 5.75 Å². The third-order valence-corrected chi connectivity index (χ3v) is 4.30. The summed E-state index contributed by atoms with van der Waals surface area (Å²) in [6, 6.07) is 6.23. The summed E-state index contributed by atoms with van der Waals surface area (Å²) in [5, 5.41) is 9.28. The molecule has 1 heterocycles. The van der Waals surface area contributed by atoms with Gasteiger partial charge >= 0.3 is 0 Å². The molecule has 4 nitrogen and oxygen atoms in total. The molecule has 19 heavy (non-hydrogen) atoms. The Bertz CT molecular complexity index is 523. The smallest absolute Gasteiger partial charge is 0.237 e. The Morgan fingerprint density at radius 1 is 1.05 bits per heavy atom. The topological polar surface area (TPSA) is 57.6 Å². The summed E-state index contributed by atoms with van der Waals surface area (Å²) < 4.78 is 0. The maximum absolute atomic E-state index is 12.4. The van der Waals surface area contributed by atoms with E-state index in [1.54, 1.807) is 12.1 Å². The van der Waals surface area contributed by atoms with Gasteiger partial charge in [0.05, 0.1) is 17.5 Å². The Morgan fingerprint density at radius 2 is 1.68 bits per heavy atom. The molecule has 2 aliphatic rings. The number of hydrogen-bond donors (Lipinski definition) is 1. The standard InChI is InChI=1S/C15H17NO3/c1-9-2-7-12-13(8-9)15(19)16(14(12)18)10-3-5-11(17)6-4-10/h3-6,9,12-13,17H,2,7-8H2,1H3. The number of benzene rings is 1. The highest BCUT2D eigenvalue weighted by atomic mass is 16.3. The zero-order valence-electron chi connectivity index (χ0n) is 10.9. The van der Waals surface area contributed by atoms with E-state index < -0.39 is 0 Å². The molecular formula is C15H17NO3. The lowest BCUT2D eigenvalue weighted by molar-refractivity contribution is -0.122. The number of rotatable bonds is 1. The average molecular weight is 259 g/mol. The van der Waals surface area contributed by atoms with Crippen molar-refractivity contribution >= 4 is 17.5 Å². The molecule has 1 aromatic rings. The second-order valence-electron chi connectivity index (χ2n) is 5.66. The van der Waals surface area contributed by atoms with E-state index in [2.05, 4.69) is 6.92 Å². The van der Waals surface area contributed by atoms with Crippen LogP contribution < -0.4 is 4.90 Å². The highest BCUT2D eigenvalue weighted by Gasteiger charge is 2.49. The van der Waals surface area contributed by atoms with Gasteiger partial charge in [0.25, 0.3) is 0 Å². The lowest BCUT2D eigenvalue weighted by atomic mass is 9.76. The van der Waals surface area contributed by atoms with Gasteiger partial charge in [-0.2, -0.15) is 0 Å². The van der Waals surface area contributed by atoms with Crippen molar-refractivity contribution in [3.05, 3.63) is 24.3 Å². The molecule has 1 aliphatic heterocycles. The number of aromatic hydroxyl groups is 1. The summed E-state index contributed by atoms with van der Waals surface area (Å²) in [7, 11) is 0. The molecule has 3 unspecified atom stereocenters. The lowest BCUT2D eigenvalue weighted by Crippen LogP contribution is -2.30. The third kappa shape index (κ3) is 1.91. The predicted molar refractivity (Wildman–Crippen MR) is 70.6 cm³/mol. The molecule has 0 bridgehead atoms. The van der Waals surface area contributed by atoms with Gasteiger partial charge in [0, 0.05) is 0 Å². The average Bonchev–Trinajstić information content (AvgIpc) is 2.63. The molecule has 3 rings (SSSR count). The fourth-order valence-electron chi connectivity index (χ4n) is 3.25. The molecule has 1 aromatic carbocycles. The Balaban J connectivity index is 1.93. The van der Waals surface area contributed by atoms with Crippen LogP contribution in [-0.2, 0) is 9.59 Å². The van der Waals surface area contributed by atoms with Crippen LogP contribution in [0, 0.1) is 17.8 Å². The van der Waals surface area contributed by atoms with Crippen LogP contribution in [0.15, 0.2) is 24.3 Å². The van der Waals surface area contributed by atoms with Crippen molar-refractivity contribution in [2.75, 3.05) is 4.90 Å². The summed E-state index contributed by atoms with van der Waals surface area (Å²) in [6.45, 7) is 2.14. The monoisotopic (exact) mass is 259 g/mol. The number of nitrogens with zero attached hydrogens (tertiary/aromatic N) is 1. The van der Waals surface area contributed by atoms with E-state index >= 15 is 0 Å². The third-order valence-electron chi connectivity index (χ3n) is 4.30. The molecule has 1 saturated carbocycles. The van der Waals surface area contributed by atoms with Crippen LogP contribution >= 0.6 is 0 Å². The van der Waals surface area contributed by atoms with Crippen LogP contribution in [0.4, 0.5) is 5.69 Å². The first-order valence-corrected chi connectivity index (χ1v) is 6.75. The Hall–Kier alpha value is -1.84. The molecule has 2 amide bonds. The first-order chi connectivity index (χ1) is 9.08. The van der Waals surface area contributed by atoms with Gasteiger partial charge in [0.15, 0.2) is 0 Å². The van der Waals surface area contributed by atoms with Gasteiger partial charge in [0.2, 0.25) is 11.8 Å².